The van der Waals surface area contributed by atoms with Crippen molar-refractivity contribution in [2.45, 2.75) is 38.7 Å². The Kier molecular flexibility index (Phi) is 3.54. The van der Waals surface area contributed by atoms with E-state index in [1.165, 1.54) is 11.1 Å². The van der Waals surface area contributed by atoms with Crippen molar-refractivity contribution in [1.29, 1.82) is 0 Å². The summed E-state index contributed by atoms with van der Waals surface area (Å²) in [5.74, 6) is 0.900. The van der Waals surface area contributed by atoms with Gasteiger partial charge < -0.3 is 9.52 Å². The van der Waals surface area contributed by atoms with E-state index >= 15 is 0 Å². The van der Waals surface area contributed by atoms with E-state index in [2.05, 4.69) is 12.1 Å². The molecular weight excluding hydrogens is 300 g/mol. The minimum absolute atomic E-state index is 0.0344. The second kappa shape index (κ2) is 5.60. The molecule has 1 N–H and O–H groups in total. The van der Waals surface area contributed by atoms with Crippen LogP contribution < -0.4 is 5.43 Å². The number of rotatable bonds is 2. The van der Waals surface area contributed by atoms with E-state index in [1.807, 2.05) is 31.2 Å². The maximum absolute atomic E-state index is 12.6. The summed E-state index contributed by atoms with van der Waals surface area (Å²) in [6.45, 7) is 3.62. The molecular formula is C21H20O3. The number of benzene rings is 2. The first-order valence-electron chi connectivity index (χ1n) is 8.36. The third kappa shape index (κ3) is 2.45. The highest BCUT2D eigenvalue weighted by atomic mass is 16.3. The van der Waals surface area contributed by atoms with Gasteiger partial charge in [0.25, 0.3) is 0 Å². The zero-order chi connectivity index (χ0) is 16.8. The number of aliphatic hydroxyl groups is 1. The van der Waals surface area contributed by atoms with Crippen LogP contribution in [0.4, 0.5) is 0 Å². The van der Waals surface area contributed by atoms with E-state index in [0.29, 0.717) is 16.5 Å². The van der Waals surface area contributed by atoms with Gasteiger partial charge in [0, 0.05) is 17.5 Å². The second-order valence-electron chi connectivity index (χ2n) is 6.79. The number of aliphatic hydroxyl groups excluding tert-OH is 1. The predicted octanol–water partition coefficient (Wildman–Crippen LogP) is 4.04. The lowest BCUT2D eigenvalue weighted by atomic mass is 9.99. The Morgan fingerprint density at radius 2 is 1.79 bits per heavy atom. The maximum Gasteiger partial charge on any atom is 0.192 e. The third-order valence-corrected chi connectivity index (χ3v) is 4.92. The number of aryl methyl sites for hydroxylation is 1. The molecule has 24 heavy (non-hydrogen) atoms. The van der Waals surface area contributed by atoms with Crippen LogP contribution in [0.3, 0.4) is 0 Å². The van der Waals surface area contributed by atoms with E-state index in [0.717, 1.165) is 24.2 Å². The molecule has 1 aliphatic carbocycles. The molecule has 0 spiro atoms. The monoisotopic (exact) mass is 320 g/mol. The second-order valence-corrected chi connectivity index (χ2v) is 6.79. The van der Waals surface area contributed by atoms with Crippen LogP contribution in [0.15, 0.2) is 51.7 Å². The quantitative estimate of drug-likeness (QED) is 0.775. The molecule has 1 atom stereocenters. The predicted molar refractivity (Wildman–Crippen MR) is 94.4 cm³/mol. The van der Waals surface area contributed by atoms with Gasteiger partial charge >= 0.3 is 0 Å². The molecule has 4 rings (SSSR count). The number of fused-ring (bicyclic) bond motifs is 2. The smallest absolute Gasteiger partial charge is 0.192 e. The Morgan fingerprint density at radius 1 is 1.12 bits per heavy atom. The third-order valence-electron chi connectivity index (χ3n) is 4.92. The normalized spacial score (nSPS) is 15.6. The highest BCUT2D eigenvalue weighted by Gasteiger charge is 2.26. The molecule has 0 fully saturated rings. The SMILES string of the molecule is Cc1cc(C(C)O)c2oc(C3Cc4ccccc4C3)cc(=O)c2c1. The van der Waals surface area contributed by atoms with Crippen molar-refractivity contribution in [3.8, 4) is 0 Å². The Hall–Kier alpha value is -2.39. The summed E-state index contributed by atoms with van der Waals surface area (Å²) >= 11 is 0. The Morgan fingerprint density at radius 3 is 2.42 bits per heavy atom. The molecule has 0 bridgehead atoms. The summed E-state index contributed by atoms with van der Waals surface area (Å²) in [6, 6.07) is 13.7. The molecule has 2 aromatic carbocycles. The van der Waals surface area contributed by atoms with Gasteiger partial charge in [0.1, 0.15) is 11.3 Å². The molecule has 122 valence electrons. The van der Waals surface area contributed by atoms with E-state index < -0.39 is 6.10 Å². The standard InChI is InChI=1S/C21H20O3/c1-12-7-17(13(2)22)21-18(8-12)19(23)11-20(24-21)16-9-14-5-3-4-6-15(14)10-16/h3-8,11,13,16,22H,9-10H2,1-2H3. The zero-order valence-corrected chi connectivity index (χ0v) is 13.9. The zero-order valence-electron chi connectivity index (χ0n) is 13.9. The van der Waals surface area contributed by atoms with E-state index in [9.17, 15) is 9.90 Å². The van der Waals surface area contributed by atoms with Gasteiger partial charge in [-0.25, -0.2) is 0 Å². The molecule has 1 aliphatic rings. The van der Waals surface area contributed by atoms with Crippen LogP contribution in [0.25, 0.3) is 11.0 Å². The molecule has 1 unspecified atom stereocenters. The average molecular weight is 320 g/mol. The summed E-state index contributed by atoms with van der Waals surface area (Å²) in [5.41, 5.74) is 4.77. The first-order valence-corrected chi connectivity index (χ1v) is 8.36. The van der Waals surface area contributed by atoms with Gasteiger partial charge in [-0.15, -0.1) is 0 Å². The van der Waals surface area contributed by atoms with E-state index in [1.54, 1.807) is 13.0 Å². The molecule has 0 saturated heterocycles. The molecule has 0 saturated carbocycles. The Labute approximate surface area is 140 Å². The van der Waals surface area contributed by atoms with Crippen LogP contribution in [-0.4, -0.2) is 5.11 Å². The van der Waals surface area contributed by atoms with E-state index in [4.69, 9.17) is 4.42 Å². The summed E-state index contributed by atoms with van der Waals surface area (Å²) < 4.78 is 6.15. The summed E-state index contributed by atoms with van der Waals surface area (Å²) in [6.07, 6.45) is 1.10. The summed E-state index contributed by atoms with van der Waals surface area (Å²) in [4.78, 5) is 12.6. The average Bonchev–Trinajstić information content (AvgIpc) is 2.98. The summed E-state index contributed by atoms with van der Waals surface area (Å²) in [7, 11) is 0. The first kappa shape index (κ1) is 15.2. The summed E-state index contributed by atoms with van der Waals surface area (Å²) in [5, 5.41) is 10.6. The Bertz CT molecular complexity index is 957. The molecule has 1 heterocycles. The van der Waals surface area contributed by atoms with Crippen LogP contribution in [0.1, 0.15) is 47.0 Å². The molecule has 0 radical (unpaired) electrons. The van der Waals surface area contributed by atoms with Crippen LogP contribution in [0.2, 0.25) is 0 Å². The van der Waals surface area contributed by atoms with Crippen LogP contribution in [-0.2, 0) is 12.8 Å². The van der Waals surface area contributed by atoms with Crippen molar-refractivity contribution in [1.82, 2.24) is 0 Å². The molecule has 0 aliphatic heterocycles. The van der Waals surface area contributed by atoms with Crippen molar-refractivity contribution < 1.29 is 9.52 Å². The number of hydrogen-bond acceptors (Lipinski definition) is 3. The minimum atomic E-state index is -0.674. The van der Waals surface area contributed by atoms with Gasteiger partial charge in [-0.3, -0.25) is 4.79 Å². The minimum Gasteiger partial charge on any atom is -0.460 e. The lowest BCUT2D eigenvalue weighted by Gasteiger charge is -2.13. The molecule has 3 nitrogen and oxygen atoms in total. The van der Waals surface area contributed by atoms with E-state index in [-0.39, 0.29) is 11.3 Å². The highest BCUT2D eigenvalue weighted by molar-refractivity contribution is 5.81. The van der Waals surface area contributed by atoms with Crippen molar-refractivity contribution in [2.24, 2.45) is 0 Å². The fraction of sp³-hybridized carbons (Fsp3) is 0.286. The molecule has 1 aromatic heterocycles. The van der Waals surface area contributed by atoms with Gasteiger partial charge in [0.15, 0.2) is 5.43 Å². The van der Waals surface area contributed by atoms with Crippen LogP contribution in [0, 0.1) is 6.92 Å². The fourth-order valence-electron chi connectivity index (χ4n) is 3.72. The van der Waals surface area contributed by atoms with Gasteiger partial charge in [0.2, 0.25) is 0 Å². The van der Waals surface area contributed by atoms with Gasteiger partial charge in [0.05, 0.1) is 11.5 Å². The molecule has 3 aromatic rings. The van der Waals surface area contributed by atoms with Crippen molar-refractivity contribution in [2.75, 3.05) is 0 Å². The van der Waals surface area contributed by atoms with Gasteiger partial charge in [-0.2, -0.15) is 0 Å². The maximum atomic E-state index is 12.6. The van der Waals surface area contributed by atoms with Gasteiger partial charge in [-0.1, -0.05) is 24.3 Å². The largest absolute Gasteiger partial charge is 0.460 e. The molecule has 0 amide bonds. The van der Waals surface area contributed by atoms with Crippen LogP contribution in [0.5, 0.6) is 0 Å². The highest BCUT2D eigenvalue weighted by Crippen LogP contribution is 2.35. The number of hydrogen-bond donors (Lipinski definition) is 1. The fourth-order valence-corrected chi connectivity index (χ4v) is 3.72. The lowest BCUT2D eigenvalue weighted by Crippen LogP contribution is -2.08. The first-order chi connectivity index (χ1) is 11.5. The lowest BCUT2D eigenvalue weighted by molar-refractivity contribution is 0.199. The van der Waals surface area contributed by atoms with Gasteiger partial charge in [-0.05, 0) is 55.5 Å². The van der Waals surface area contributed by atoms with Crippen molar-refractivity contribution in [3.05, 3.63) is 80.7 Å². The Balaban J connectivity index is 1.85. The topological polar surface area (TPSA) is 50.4 Å². The van der Waals surface area contributed by atoms with Crippen LogP contribution >= 0.6 is 0 Å². The van der Waals surface area contributed by atoms with Crippen molar-refractivity contribution >= 4 is 11.0 Å². The molecule has 3 heteroatoms. The van der Waals surface area contributed by atoms with Crippen molar-refractivity contribution in [3.63, 3.8) is 0 Å².